The number of carbonyl (C=O) groups is 1. The summed E-state index contributed by atoms with van der Waals surface area (Å²) in [4.78, 5) is 23.3. The molecule has 3 rings (SSSR count). The van der Waals surface area contributed by atoms with Crippen LogP contribution in [0.4, 0.5) is 11.4 Å². The van der Waals surface area contributed by atoms with Gasteiger partial charge in [0.05, 0.1) is 10.6 Å². The first-order chi connectivity index (χ1) is 12.6. The van der Waals surface area contributed by atoms with Gasteiger partial charge in [-0.05, 0) is 62.8 Å². The van der Waals surface area contributed by atoms with Crippen LogP contribution >= 0.6 is 0 Å². The summed E-state index contributed by atoms with van der Waals surface area (Å²) in [6, 6.07) is 4.60. The number of allylic oxidation sites excluding steroid dienone is 4. The number of rotatable bonds is 3. The molecule has 138 valence electrons. The standard InChI is InChI=1S/C21H26N2O3/c1-15-12-13-16(23(25)26)14-19(15)22-21(24)20-17-10-8-6-4-2-3-5-7-9-11-18(17)20/h4-7,12-14,17-18,20H,2-3,8-11H2,1H3,(H,22,24)/b6-4-,7-5-. The molecule has 2 aliphatic carbocycles. The lowest BCUT2D eigenvalue weighted by atomic mass is 10.1. The van der Waals surface area contributed by atoms with E-state index in [1.165, 1.54) is 12.1 Å². The number of nitro benzene ring substituents is 1. The van der Waals surface area contributed by atoms with Gasteiger partial charge in [0, 0.05) is 18.1 Å². The second kappa shape index (κ2) is 8.30. The van der Waals surface area contributed by atoms with Crippen LogP contribution in [0.25, 0.3) is 0 Å². The minimum Gasteiger partial charge on any atom is -0.325 e. The molecule has 0 heterocycles. The maximum Gasteiger partial charge on any atom is 0.271 e. The first-order valence-corrected chi connectivity index (χ1v) is 9.44. The zero-order valence-electron chi connectivity index (χ0n) is 15.2. The lowest BCUT2D eigenvalue weighted by Crippen LogP contribution is -2.16. The Kier molecular flexibility index (Phi) is 5.86. The minimum absolute atomic E-state index is 0.00321. The summed E-state index contributed by atoms with van der Waals surface area (Å²) in [5.41, 5.74) is 1.39. The highest BCUT2D eigenvalue weighted by Crippen LogP contribution is 2.52. The Hall–Kier alpha value is -2.43. The summed E-state index contributed by atoms with van der Waals surface area (Å²) in [6.45, 7) is 1.85. The fourth-order valence-corrected chi connectivity index (χ4v) is 3.94. The van der Waals surface area contributed by atoms with Crippen LogP contribution in [-0.2, 0) is 4.79 Å². The largest absolute Gasteiger partial charge is 0.325 e. The summed E-state index contributed by atoms with van der Waals surface area (Å²) < 4.78 is 0. The van der Waals surface area contributed by atoms with Crippen molar-refractivity contribution in [3.63, 3.8) is 0 Å². The van der Waals surface area contributed by atoms with Crippen molar-refractivity contribution >= 4 is 17.3 Å². The van der Waals surface area contributed by atoms with E-state index in [-0.39, 0.29) is 17.5 Å². The number of non-ortho nitro benzene ring substituents is 1. The molecule has 0 saturated heterocycles. The van der Waals surface area contributed by atoms with E-state index in [0.717, 1.165) is 44.1 Å². The number of hydrogen-bond donors (Lipinski definition) is 1. The Morgan fingerprint density at radius 2 is 1.62 bits per heavy atom. The number of nitrogens with zero attached hydrogens (tertiary/aromatic N) is 1. The van der Waals surface area contributed by atoms with Gasteiger partial charge in [0.25, 0.3) is 5.69 Å². The minimum atomic E-state index is -0.433. The third-order valence-electron chi connectivity index (χ3n) is 5.49. The Labute approximate surface area is 154 Å². The topological polar surface area (TPSA) is 72.2 Å². The van der Waals surface area contributed by atoms with Crippen LogP contribution in [0.3, 0.4) is 0 Å². The zero-order chi connectivity index (χ0) is 18.5. The third kappa shape index (κ3) is 4.40. The average Bonchev–Trinajstić information content (AvgIpc) is 3.29. The van der Waals surface area contributed by atoms with Crippen molar-refractivity contribution < 1.29 is 9.72 Å². The predicted octanol–water partition coefficient (Wildman–Crippen LogP) is 5.17. The van der Waals surface area contributed by atoms with Gasteiger partial charge in [-0.1, -0.05) is 30.4 Å². The monoisotopic (exact) mass is 354 g/mol. The SMILES string of the molecule is Cc1ccc([N+](=O)[O-])cc1NC(=O)C1C2CC/C=C\CC/C=C\CCC21. The van der Waals surface area contributed by atoms with Gasteiger partial charge in [-0.15, -0.1) is 0 Å². The van der Waals surface area contributed by atoms with E-state index in [1.54, 1.807) is 6.07 Å². The molecule has 2 unspecified atom stereocenters. The molecule has 1 saturated carbocycles. The molecule has 1 aromatic carbocycles. The van der Waals surface area contributed by atoms with Gasteiger partial charge in [0.1, 0.15) is 0 Å². The van der Waals surface area contributed by atoms with Crippen LogP contribution in [0.15, 0.2) is 42.5 Å². The van der Waals surface area contributed by atoms with E-state index < -0.39 is 4.92 Å². The molecule has 2 atom stereocenters. The lowest BCUT2D eigenvalue weighted by Gasteiger charge is -2.08. The number of aryl methyl sites for hydroxylation is 1. The lowest BCUT2D eigenvalue weighted by molar-refractivity contribution is -0.384. The quantitative estimate of drug-likeness (QED) is 0.462. The third-order valence-corrected chi connectivity index (χ3v) is 5.49. The number of nitrogens with one attached hydrogen (secondary N) is 1. The molecule has 0 radical (unpaired) electrons. The molecule has 1 fully saturated rings. The van der Waals surface area contributed by atoms with Crippen molar-refractivity contribution in [1.82, 2.24) is 0 Å². The molecule has 0 bridgehead atoms. The molecule has 26 heavy (non-hydrogen) atoms. The van der Waals surface area contributed by atoms with Crippen LogP contribution < -0.4 is 5.32 Å². The second-order valence-electron chi connectivity index (χ2n) is 7.27. The number of fused-ring (bicyclic) bond motifs is 1. The second-order valence-corrected chi connectivity index (χ2v) is 7.27. The number of nitro groups is 1. The summed E-state index contributed by atoms with van der Waals surface area (Å²) in [5, 5.41) is 13.9. The Morgan fingerprint density at radius 3 is 2.19 bits per heavy atom. The number of benzene rings is 1. The molecular formula is C21H26N2O3. The Bertz CT molecular complexity index is 715. The van der Waals surface area contributed by atoms with Crippen LogP contribution in [0, 0.1) is 34.8 Å². The number of hydrogen-bond acceptors (Lipinski definition) is 3. The first-order valence-electron chi connectivity index (χ1n) is 9.44. The van der Waals surface area contributed by atoms with E-state index in [9.17, 15) is 14.9 Å². The smallest absolute Gasteiger partial charge is 0.271 e. The van der Waals surface area contributed by atoms with E-state index >= 15 is 0 Å². The molecule has 0 aromatic heterocycles. The molecule has 1 amide bonds. The Balaban J connectivity index is 1.68. The number of anilines is 1. The predicted molar refractivity (Wildman–Crippen MR) is 103 cm³/mol. The van der Waals surface area contributed by atoms with E-state index in [0.29, 0.717) is 17.5 Å². The van der Waals surface area contributed by atoms with Crippen molar-refractivity contribution in [2.75, 3.05) is 5.32 Å². The molecule has 0 spiro atoms. The van der Waals surface area contributed by atoms with Gasteiger partial charge in [-0.25, -0.2) is 0 Å². The molecule has 5 nitrogen and oxygen atoms in total. The van der Waals surface area contributed by atoms with Crippen LogP contribution in [-0.4, -0.2) is 10.8 Å². The van der Waals surface area contributed by atoms with Gasteiger partial charge in [0.15, 0.2) is 0 Å². The highest BCUT2D eigenvalue weighted by Gasteiger charge is 2.52. The first kappa shape index (κ1) is 18.4. The highest BCUT2D eigenvalue weighted by atomic mass is 16.6. The summed E-state index contributed by atoms with van der Waals surface area (Å²) in [5.74, 6) is 0.876. The molecule has 1 N–H and O–H groups in total. The summed E-state index contributed by atoms with van der Waals surface area (Å²) >= 11 is 0. The van der Waals surface area contributed by atoms with E-state index in [1.807, 2.05) is 6.92 Å². The number of amides is 1. The van der Waals surface area contributed by atoms with Gasteiger partial charge in [0.2, 0.25) is 5.91 Å². The van der Waals surface area contributed by atoms with Crippen LogP contribution in [0.5, 0.6) is 0 Å². The van der Waals surface area contributed by atoms with E-state index in [2.05, 4.69) is 29.6 Å². The van der Waals surface area contributed by atoms with Crippen LogP contribution in [0.2, 0.25) is 0 Å². The molecule has 5 heteroatoms. The van der Waals surface area contributed by atoms with Crippen molar-refractivity contribution in [3.8, 4) is 0 Å². The van der Waals surface area contributed by atoms with Gasteiger partial charge in [-0.3, -0.25) is 14.9 Å². The Morgan fingerprint density at radius 1 is 1.04 bits per heavy atom. The van der Waals surface area contributed by atoms with Crippen molar-refractivity contribution in [1.29, 1.82) is 0 Å². The zero-order valence-corrected chi connectivity index (χ0v) is 15.2. The number of carbonyl (C=O) groups excluding carboxylic acids is 1. The maximum atomic E-state index is 12.8. The fourth-order valence-electron chi connectivity index (χ4n) is 3.94. The molecule has 2 aliphatic rings. The van der Waals surface area contributed by atoms with Crippen molar-refractivity contribution in [2.24, 2.45) is 17.8 Å². The van der Waals surface area contributed by atoms with Gasteiger partial charge >= 0.3 is 0 Å². The normalized spacial score (nSPS) is 28.0. The summed E-state index contributed by atoms with van der Waals surface area (Å²) in [7, 11) is 0. The van der Waals surface area contributed by atoms with Crippen molar-refractivity contribution in [2.45, 2.75) is 45.4 Å². The molecule has 0 aliphatic heterocycles. The maximum absolute atomic E-state index is 12.8. The summed E-state index contributed by atoms with van der Waals surface area (Å²) in [6.07, 6.45) is 15.2. The van der Waals surface area contributed by atoms with E-state index in [4.69, 9.17) is 0 Å². The van der Waals surface area contributed by atoms with Crippen molar-refractivity contribution in [3.05, 3.63) is 58.2 Å². The molecule has 1 aromatic rings. The van der Waals surface area contributed by atoms with Crippen LogP contribution in [0.1, 0.15) is 44.1 Å². The average molecular weight is 354 g/mol. The highest BCUT2D eigenvalue weighted by molar-refractivity contribution is 5.95. The van der Waals surface area contributed by atoms with Gasteiger partial charge < -0.3 is 5.32 Å². The van der Waals surface area contributed by atoms with Gasteiger partial charge in [-0.2, -0.15) is 0 Å². The molecular weight excluding hydrogens is 328 g/mol. The fraction of sp³-hybridized carbons (Fsp3) is 0.476.